The zero-order valence-electron chi connectivity index (χ0n) is 13.5. The fraction of sp³-hybridized carbons (Fsp3) is 0.667. The van der Waals surface area contributed by atoms with Crippen molar-refractivity contribution in [1.29, 1.82) is 0 Å². The highest BCUT2D eigenvalue weighted by Crippen LogP contribution is 2.29. The highest BCUT2D eigenvalue weighted by Gasteiger charge is 2.20. The number of hydrogen-bond donors (Lipinski definition) is 1. The van der Waals surface area contributed by atoms with Gasteiger partial charge in [0.1, 0.15) is 0 Å². The summed E-state index contributed by atoms with van der Waals surface area (Å²) < 4.78 is 0. The summed E-state index contributed by atoms with van der Waals surface area (Å²) in [5.41, 5.74) is 2.64. The Morgan fingerprint density at radius 1 is 1.05 bits per heavy atom. The van der Waals surface area contributed by atoms with Crippen LogP contribution in [0.2, 0.25) is 0 Å². The molecule has 1 N–H and O–H groups in total. The van der Waals surface area contributed by atoms with Crippen LogP contribution in [0.4, 0.5) is 11.4 Å². The van der Waals surface area contributed by atoms with Gasteiger partial charge in [-0.05, 0) is 48.9 Å². The minimum atomic E-state index is 0.772. The van der Waals surface area contributed by atoms with Crippen molar-refractivity contribution in [2.45, 2.75) is 26.7 Å². The molecule has 1 heterocycles. The third-order valence-corrected chi connectivity index (χ3v) is 4.52. The van der Waals surface area contributed by atoms with E-state index < -0.39 is 0 Å². The Balaban J connectivity index is 1.48. The lowest BCUT2D eigenvalue weighted by Gasteiger charge is -2.36. The van der Waals surface area contributed by atoms with Crippen molar-refractivity contribution in [2.24, 2.45) is 11.8 Å². The smallest absolute Gasteiger partial charge is 0.0368 e. The van der Waals surface area contributed by atoms with Crippen LogP contribution in [0.1, 0.15) is 26.7 Å². The van der Waals surface area contributed by atoms with E-state index in [1.807, 2.05) is 0 Å². The maximum absolute atomic E-state index is 3.54. The molecule has 21 heavy (non-hydrogen) atoms. The second-order valence-electron chi connectivity index (χ2n) is 7.05. The van der Waals surface area contributed by atoms with E-state index in [1.165, 1.54) is 43.9 Å². The summed E-state index contributed by atoms with van der Waals surface area (Å²) in [5.74, 6) is 1.70. The molecule has 1 saturated heterocycles. The van der Waals surface area contributed by atoms with Crippen LogP contribution in [0, 0.1) is 11.8 Å². The van der Waals surface area contributed by atoms with Gasteiger partial charge in [0, 0.05) is 50.6 Å². The van der Waals surface area contributed by atoms with Crippen LogP contribution >= 0.6 is 0 Å². The molecule has 1 aliphatic heterocycles. The van der Waals surface area contributed by atoms with E-state index in [0.717, 1.165) is 31.5 Å². The number of hydrogen-bond acceptors (Lipinski definition) is 3. The first-order valence-electron chi connectivity index (χ1n) is 8.52. The van der Waals surface area contributed by atoms with Crippen molar-refractivity contribution < 1.29 is 0 Å². The molecular formula is C18H29N3. The number of anilines is 2. The molecule has 2 fully saturated rings. The fourth-order valence-electron chi connectivity index (χ4n) is 3.08. The predicted molar refractivity (Wildman–Crippen MR) is 91.1 cm³/mol. The van der Waals surface area contributed by atoms with E-state index in [4.69, 9.17) is 0 Å². The Morgan fingerprint density at radius 3 is 2.29 bits per heavy atom. The van der Waals surface area contributed by atoms with Crippen LogP contribution in [0.25, 0.3) is 0 Å². The summed E-state index contributed by atoms with van der Waals surface area (Å²) >= 11 is 0. The number of piperazine rings is 1. The summed E-state index contributed by atoms with van der Waals surface area (Å²) in [6, 6.07) is 9.01. The van der Waals surface area contributed by atoms with Gasteiger partial charge in [-0.3, -0.25) is 4.90 Å². The van der Waals surface area contributed by atoms with E-state index in [1.54, 1.807) is 0 Å². The van der Waals surface area contributed by atoms with Gasteiger partial charge in [-0.25, -0.2) is 0 Å². The molecule has 0 radical (unpaired) electrons. The second-order valence-corrected chi connectivity index (χ2v) is 7.05. The first-order valence-corrected chi connectivity index (χ1v) is 8.52. The lowest BCUT2D eigenvalue weighted by molar-refractivity contribution is 0.231. The van der Waals surface area contributed by atoms with Gasteiger partial charge < -0.3 is 10.2 Å². The summed E-state index contributed by atoms with van der Waals surface area (Å²) in [7, 11) is 0. The van der Waals surface area contributed by atoms with Crippen LogP contribution < -0.4 is 10.2 Å². The monoisotopic (exact) mass is 287 g/mol. The second kappa shape index (κ2) is 6.69. The molecule has 2 aliphatic rings. The normalized spacial score (nSPS) is 20.0. The third-order valence-electron chi connectivity index (χ3n) is 4.52. The molecule has 3 heteroatoms. The molecule has 3 rings (SSSR count). The van der Waals surface area contributed by atoms with Gasteiger partial charge in [0.25, 0.3) is 0 Å². The van der Waals surface area contributed by atoms with Crippen molar-refractivity contribution in [1.82, 2.24) is 4.90 Å². The topological polar surface area (TPSA) is 18.5 Å². The van der Waals surface area contributed by atoms with E-state index in [-0.39, 0.29) is 0 Å². The highest BCUT2D eigenvalue weighted by atomic mass is 15.3. The van der Waals surface area contributed by atoms with Crippen molar-refractivity contribution >= 4 is 11.4 Å². The third kappa shape index (κ3) is 4.37. The maximum Gasteiger partial charge on any atom is 0.0368 e. The minimum Gasteiger partial charge on any atom is -0.385 e. The Kier molecular flexibility index (Phi) is 4.69. The van der Waals surface area contributed by atoms with E-state index >= 15 is 0 Å². The van der Waals surface area contributed by atoms with Crippen molar-refractivity contribution in [3.05, 3.63) is 24.3 Å². The summed E-state index contributed by atoms with van der Waals surface area (Å²) in [5, 5.41) is 3.54. The lowest BCUT2D eigenvalue weighted by Crippen LogP contribution is -2.47. The maximum atomic E-state index is 3.54. The van der Waals surface area contributed by atoms with Gasteiger partial charge in [-0.1, -0.05) is 13.8 Å². The fourth-order valence-corrected chi connectivity index (χ4v) is 3.08. The summed E-state index contributed by atoms with van der Waals surface area (Å²) in [6.07, 6.45) is 2.82. The molecule has 1 aliphatic carbocycles. The molecule has 116 valence electrons. The first-order chi connectivity index (χ1) is 10.2. The molecule has 3 nitrogen and oxygen atoms in total. The molecule has 0 atom stereocenters. The Labute approximate surface area is 129 Å². The Hall–Kier alpha value is -1.22. The molecule has 1 saturated carbocycles. The van der Waals surface area contributed by atoms with Gasteiger partial charge in [-0.15, -0.1) is 0 Å². The van der Waals surface area contributed by atoms with Crippen molar-refractivity contribution in [3.8, 4) is 0 Å². The van der Waals surface area contributed by atoms with Gasteiger partial charge >= 0.3 is 0 Å². The molecule has 1 aromatic rings. The van der Waals surface area contributed by atoms with Crippen LogP contribution in [-0.2, 0) is 0 Å². The number of nitrogens with one attached hydrogen (secondary N) is 1. The first kappa shape index (κ1) is 14.7. The van der Waals surface area contributed by atoms with Crippen LogP contribution in [0.15, 0.2) is 24.3 Å². The summed E-state index contributed by atoms with van der Waals surface area (Å²) in [4.78, 5) is 5.11. The zero-order chi connectivity index (χ0) is 14.7. The minimum absolute atomic E-state index is 0.772. The number of rotatable bonds is 6. The molecular weight excluding hydrogens is 258 g/mol. The van der Waals surface area contributed by atoms with Crippen LogP contribution in [0.3, 0.4) is 0 Å². The van der Waals surface area contributed by atoms with Gasteiger partial charge in [0.05, 0.1) is 0 Å². The van der Waals surface area contributed by atoms with E-state index in [9.17, 15) is 0 Å². The number of nitrogens with zero attached hydrogens (tertiary/aromatic N) is 2. The summed E-state index contributed by atoms with van der Waals surface area (Å²) in [6.45, 7) is 11.7. The largest absolute Gasteiger partial charge is 0.385 e. The SMILES string of the molecule is CC(C)CN1CCN(c2ccc(NCC3CC3)cc2)CC1. The van der Waals surface area contributed by atoms with Crippen molar-refractivity contribution in [3.63, 3.8) is 0 Å². The van der Waals surface area contributed by atoms with Crippen LogP contribution in [0.5, 0.6) is 0 Å². The van der Waals surface area contributed by atoms with E-state index in [0.29, 0.717) is 0 Å². The highest BCUT2D eigenvalue weighted by molar-refractivity contribution is 5.55. The average molecular weight is 287 g/mol. The Bertz CT molecular complexity index is 428. The zero-order valence-corrected chi connectivity index (χ0v) is 13.5. The van der Waals surface area contributed by atoms with Gasteiger partial charge in [0.2, 0.25) is 0 Å². The molecule has 0 amide bonds. The quantitative estimate of drug-likeness (QED) is 0.866. The lowest BCUT2D eigenvalue weighted by atomic mass is 10.1. The molecule has 0 spiro atoms. The van der Waals surface area contributed by atoms with Gasteiger partial charge in [0.15, 0.2) is 0 Å². The Morgan fingerprint density at radius 2 is 1.71 bits per heavy atom. The number of benzene rings is 1. The van der Waals surface area contributed by atoms with Gasteiger partial charge in [-0.2, -0.15) is 0 Å². The predicted octanol–water partition coefficient (Wildman–Crippen LogP) is 3.29. The molecule has 1 aromatic carbocycles. The van der Waals surface area contributed by atoms with Crippen molar-refractivity contribution in [2.75, 3.05) is 49.5 Å². The van der Waals surface area contributed by atoms with Crippen LogP contribution in [-0.4, -0.2) is 44.2 Å². The molecule has 0 unspecified atom stereocenters. The molecule has 0 aromatic heterocycles. The van der Waals surface area contributed by atoms with E-state index in [2.05, 4.69) is 53.2 Å². The molecule has 0 bridgehead atoms. The average Bonchev–Trinajstić information content (AvgIpc) is 3.30. The standard InChI is InChI=1S/C18H29N3/c1-15(2)14-20-9-11-21(12-10-20)18-7-5-17(6-8-18)19-13-16-3-4-16/h5-8,15-16,19H,3-4,9-14H2,1-2H3.